The molecule has 0 radical (unpaired) electrons. The average molecular weight is 362 g/mol. The lowest BCUT2D eigenvalue weighted by atomic mass is 9.91. The molecule has 0 saturated carbocycles. The first-order chi connectivity index (χ1) is 11.8. The van der Waals surface area contributed by atoms with Crippen LogP contribution in [0.4, 0.5) is 0 Å². The lowest BCUT2D eigenvalue weighted by Crippen LogP contribution is -2.39. The predicted octanol–water partition coefficient (Wildman–Crippen LogP) is 3.74. The Bertz CT molecular complexity index is 772. The summed E-state index contributed by atoms with van der Waals surface area (Å²) in [5.41, 5.74) is 6.85. The Hall–Kier alpha value is -2.04. The van der Waals surface area contributed by atoms with Crippen LogP contribution in [0.3, 0.4) is 0 Å². The van der Waals surface area contributed by atoms with E-state index in [0.29, 0.717) is 16.1 Å². The van der Waals surface area contributed by atoms with Gasteiger partial charge in [0.2, 0.25) is 0 Å². The number of halogens is 1. The summed E-state index contributed by atoms with van der Waals surface area (Å²) in [6, 6.07) is 11.1. The van der Waals surface area contributed by atoms with Gasteiger partial charge < -0.3 is 15.6 Å². The molecule has 0 spiro atoms. The summed E-state index contributed by atoms with van der Waals surface area (Å²) in [7, 11) is 0. The highest BCUT2D eigenvalue weighted by Crippen LogP contribution is 2.29. The van der Waals surface area contributed by atoms with Crippen LogP contribution in [-0.2, 0) is 29.8 Å². The van der Waals surface area contributed by atoms with E-state index in [1.54, 1.807) is 18.2 Å². The van der Waals surface area contributed by atoms with Gasteiger partial charge in [-0.15, -0.1) is 0 Å². The first-order valence-electron chi connectivity index (χ1n) is 8.35. The van der Waals surface area contributed by atoms with E-state index in [0.717, 1.165) is 24.2 Å². The molecule has 3 N–H and O–H groups in total. The Morgan fingerprint density at radius 3 is 2.48 bits per heavy atom. The maximum absolute atomic E-state index is 11.6. The van der Waals surface area contributed by atoms with Gasteiger partial charge in [0.15, 0.2) is 5.60 Å². The molecule has 2 aromatic rings. The van der Waals surface area contributed by atoms with Gasteiger partial charge >= 0.3 is 0 Å². The van der Waals surface area contributed by atoms with Gasteiger partial charge in [-0.1, -0.05) is 43.6 Å². The van der Waals surface area contributed by atoms with E-state index < -0.39 is 11.5 Å². The average Bonchev–Trinajstić information content (AvgIpc) is 2.59. The summed E-state index contributed by atoms with van der Waals surface area (Å²) < 4.78 is 6.01. The minimum atomic E-state index is -1.79. The standard InChI is InChI=1S/C20H24ClNO3/c1-4-13-6-7-14(5-2)18(10-13)25-12-15-11-16(21)8-9-17(15)20(3,24)19(22)23/h6-11,24H,4-5,12H2,1-3H3,(H2,22,23). The van der Waals surface area contributed by atoms with E-state index in [4.69, 9.17) is 22.1 Å². The zero-order chi connectivity index (χ0) is 18.6. The molecule has 1 amide bonds. The summed E-state index contributed by atoms with van der Waals surface area (Å²) in [6.45, 7) is 5.71. The highest BCUT2D eigenvalue weighted by atomic mass is 35.5. The first kappa shape index (κ1) is 19.3. The Morgan fingerprint density at radius 1 is 1.16 bits per heavy atom. The van der Waals surface area contributed by atoms with Gasteiger partial charge in [-0.05, 0) is 60.2 Å². The van der Waals surface area contributed by atoms with Crippen LogP contribution in [0.25, 0.3) is 0 Å². The molecule has 0 aliphatic rings. The second-order valence-electron chi connectivity index (χ2n) is 6.18. The first-order valence-corrected chi connectivity index (χ1v) is 8.73. The molecule has 2 rings (SSSR count). The van der Waals surface area contributed by atoms with Crippen molar-refractivity contribution in [2.75, 3.05) is 0 Å². The number of primary amides is 1. The van der Waals surface area contributed by atoms with Crippen LogP contribution in [-0.4, -0.2) is 11.0 Å². The van der Waals surface area contributed by atoms with Gasteiger partial charge in [0.25, 0.3) is 5.91 Å². The van der Waals surface area contributed by atoms with Crippen molar-refractivity contribution in [2.45, 2.75) is 45.8 Å². The third-order valence-corrected chi connectivity index (χ3v) is 4.61. The third kappa shape index (κ3) is 4.33. The lowest BCUT2D eigenvalue weighted by Gasteiger charge is -2.23. The fourth-order valence-corrected chi connectivity index (χ4v) is 2.88. The Kier molecular flexibility index (Phi) is 6.09. The molecule has 0 bridgehead atoms. The molecule has 134 valence electrons. The van der Waals surface area contributed by atoms with Crippen molar-refractivity contribution in [1.29, 1.82) is 0 Å². The molecule has 0 aliphatic carbocycles. The van der Waals surface area contributed by atoms with Crippen LogP contribution in [0, 0.1) is 0 Å². The quantitative estimate of drug-likeness (QED) is 0.789. The topological polar surface area (TPSA) is 72.6 Å². The molecule has 0 heterocycles. The number of aliphatic hydroxyl groups is 1. The van der Waals surface area contributed by atoms with Crippen LogP contribution in [0.5, 0.6) is 5.75 Å². The predicted molar refractivity (Wildman–Crippen MR) is 99.7 cm³/mol. The Morgan fingerprint density at radius 2 is 1.88 bits per heavy atom. The molecule has 2 aromatic carbocycles. The number of rotatable bonds is 7. The van der Waals surface area contributed by atoms with E-state index >= 15 is 0 Å². The molecule has 1 unspecified atom stereocenters. The summed E-state index contributed by atoms with van der Waals surface area (Å²) in [6.07, 6.45) is 1.76. The zero-order valence-electron chi connectivity index (χ0n) is 14.8. The maximum Gasteiger partial charge on any atom is 0.253 e. The maximum atomic E-state index is 11.6. The second kappa shape index (κ2) is 7.89. The minimum Gasteiger partial charge on any atom is -0.489 e. The van der Waals surface area contributed by atoms with Crippen molar-refractivity contribution >= 4 is 17.5 Å². The van der Waals surface area contributed by atoms with Gasteiger partial charge in [0.05, 0.1) is 0 Å². The van der Waals surface area contributed by atoms with Crippen LogP contribution >= 0.6 is 11.6 Å². The monoisotopic (exact) mass is 361 g/mol. The molecule has 0 saturated heterocycles. The van der Waals surface area contributed by atoms with Crippen molar-refractivity contribution in [3.63, 3.8) is 0 Å². The molecule has 1 atom stereocenters. The molecular formula is C20H24ClNO3. The van der Waals surface area contributed by atoms with Crippen LogP contribution in [0.15, 0.2) is 36.4 Å². The SMILES string of the molecule is CCc1ccc(CC)c(OCc2cc(Cl)ccc2C(C)(O)C(N)=O)c1. The second-order valence-corrected chi connectivity index (χ2v) is 6.61. The molecule has 5 heteroatoms. The number of ether oxygens (including phenoxy) is 1. The normalized spacial score (nSPS) is 13.3. The van der Waals surface area contributed by atoms with Gasteiger partial charge in [0.1, 0.15) is 12.4 Å². The van der Waals surface area contributed by atoms with Crippen molar-refractivity contribution in [3.8, 4) is 5.75 Å². The van der Waals surface area contributed by atoms with E-state index in [1.807, 2.05) is 6.07 Å². The van der Waals surface area contributed by atoms with E-state index in [-0.39, 0.29) is 6.61 Å². The fourth-order valence-electron chi connectivity index (χ4n) is 2.69. The molecular weight excluding hydrogens is 338 g/mol. The highest BCUT2D eigenvalue weighted by Gasteiger charge is 2.32. The number of hydrogen-bond acceptors (Lipinski definition) is 3. The third-order valence-electron chi connectivity index (χ3n) is 4.38. The Balaban J connectivity index is 2.35. The number of nitrogens with two attached hydrogens (primary N) is 1. The van der Waals surface area contributed by atoms with Gasteiger partial charge in [0, 0.05) is 5.02 Å². The zero-order valence-corrected chi connectivity index (χ0v) is 15.6. The number of carbonyl (C=O) groups is 1. The Labute approximate surface area is 153 Å². The van der Waals surface area contributed by atoms with Crippen molar-refractivity contribution in [1.82, 2.24) is 0 Å². The van der Waals surface area contributed by atoms with Crippen molar-refractivity contribution < 1.29 is 14.6 Å². The fraction of sp³-hybridized carbons (Fsp3) is 0.350. The lowest BCUT2D eigenvalue weighted by molar-refractivity contribution is -0.135. The summed E-state index contributed by atoms with van der Waals surface area (Å²) in [4.78, 5) is 11.6. The van der Waals surface area contributed by atoms with Crippen molar-refractivity contribution in [3.05, 3.63) is 63.7 Å². The van der Waals surface area contributed by atoms with E-state index in [9.17, 15) is 9.90 Å². The van der Waals surface area contributed by atoms with Crippen LogP contribution in [0.1, 0.15) is 43.0 Å². The van der Waals surface area contributed by atoms with Gasteiger partial charge in [-0.25, -0.2) is 0 Å². The molecule has 0 aliphatic heterocycles. The number of benzene rings is 2. The summed E-state index contributed by atoms with van der Waals surface area (Å²) in [5, 5.41) is 10.9. The van der Waals surface area contributed by atoms with Gasteiger partial charge in [-0.2, -0.15) is 0 Å². The van der Waals surface area contributed by atoms with E-state index in [2.05, 4.69) is 26.0 Å². The molecule has 25 heavy (non-hydrogen) atoms. The number of aryl methyl sites for hydroxylation is 2. The number of hydrogen-bond donors (Lipinski definition) is 2. The van der Waals surface area contributed by atoms with Crippen LogP contribution in [0.2, 0.25) is 5.02 Å². The minimum absolute atomic E-state index is 0.180. The number of amides is 1. The van der Waals surface area contributed by atoms with Crippen molar-refractivity contribution in [2.24, 2.45) is 5.73 Å². The molecule has 0 fully saturated rings. The smallest absolute Gasteiger partial charge is 0.253 e. The largest absolute Gasteiger partial charge is 0.489 e. The van der Waals surface area contributed by atoms with E-state index in [1.165, 1.54) is 12.5 Å². The van der Waals surface area contributed by atoms with Crippen LogP contribution < -0.4 is 10.5 Å². The summed E-state index contributed by atoms with van der Waals surface area (Å²) in [5.74, 6) is -0.0233. The summed E-state index contributed by atoms with van der Waals surface area (Å²) >= 11 is 6.08. The van der Waals surface area contributed by atoms with Gasteiger partial charge in [-0.3, -0.25) is 4.79 Å². The number of carbonyl (C=O) groups excluding carboxylic acids is 1. The highest BCUT2D eigenvalue weighted by molar-refractivity contribution is 6.30. The molecule has 0 aromatic heterocycles. The molecule has 4 nitrogen and oxygen atoms in total.